The lowest BCUT2D eigenvalue weighted by Crippen LogP contribution is -2.33. The van der Waals surface area contributed by atoms with E-state index in [9.17, 15) is 4.79 Å². The van der Waals surface area contributed by atoms with Crippen LogP contribution in [0, 0.1) is 0 Å². The summed E-state index contributed by atoms with van der Waals surface area (Å²) in [5.74, 6) is 0.632. The van der Waals surface area contributed by atoms with Gasteiger partial charge in [0.1, 0.15) is 11.5 Å². The van der Waals surface area contributed by atoms with Crippen molar-refractivity contribution in [2.45, 2.75) is 0 Å². The minimum Gasteiger partial charge on any atom is -0.497 e. The fraction of sp³-hybridized carbons (Fsp3) is 0.222. The maximum absolute atomic E-state index is 10.8. The maximum atomic E-state index is 10.8. The summed E-state index contributed by atoms with van der Waals surface area (Å²) in [6.45, 7) is 0. The van der Waals surface area contributed by atoms with Gasteiger partial charge in [-0.15, -0.1) is 0 Å². The van der Waals surface area contributed by atoms with E-state index in [4.69, 9.17) is 19.5 Å². The minimum atomic E-state index is -1.74. The third-order valence-electron chi connectivity index (χ3n) is 2.00. The van der Waals surface area contributed by atoms with Crippen LogP contribution in [0.2, 0.25) is 0 Å². The highest BCUT2D eigenvalue weighted by Crippen LogP contribution is 2.21. The molecular formula is C9H11BO5. The molecule has 0 heterocycles. The van der Waals surface area contributed by atoms with Crippen LogP contribution in [-0.2, 0) is 0 Å². The van der Waals surface area contributed by atoms with Crippen molar-refractivity contribution >= 4 is 18.9 Å². The molecule has 0 bridgehead atoms. The highest BCUT2D eigenvalue weighted by atomic mass is 16.5. The molecule has 1 aromatic rings. The molecular weight excluding hydrogens is 199 g/mol. The van der Waals surface area contributed by atoms with Gasteiger partial charge in [0.15, 0.2) is 6.29 Å². The van der Waals surface area contributed by atoms with E-state index in [2.05, 4.69) is 0 Å². The number of carbonyl (C=O) groups excluding carboxylic acids is 1. The highest BCUT2D eigenvalue weighted by Gasteiger charge is 2.20. The summed E-state index contributed by atoms with van der Waals surface area (Å²) in [5, 5.41) is 18.1. The van der Waals surface area contributed by atoms with Gasteiger partial charge in [-0.25, -0.2) is 0 Å². The molecule has 0 atom stereocenters. The second kappa shape index (κ2) is 4.81. The van der Waals surface area contributed by atoms with E-state index < -0.39 is 7.12 Å². The van der Waals surface area contributed by atoms with E-state index in [-0.39, 0.29) is 16.8 Å². The topological polar surface area (TPSA) is 76.0 Å². The third kappa shape index (κ3) is 2.29. The normalized spacial score (nSPS) is 9.60. The molecule has 1 rings (SSSR count). The molecule has 80 valence electrons. The monoisotopic (exact) mass is 210 g/mol. The first-order valence-corrected chi connectivity index (χ1v) is 4.21. The van der Waals surface area contributed by atoms with Crippen LogP contribution in [0.4, 0.5) is 0 Å². The van der Waals surface area contributed by atoms with Gasteiger partial charge in [0.05, 0.1) is 19.8 Å². The second-order valence-corrected chi connectivity index (χ2v) is 2.82. The molecule has 0 aliphatic rings. The SMILES string of the molecule is COc1cc(OC)c(C=O)c(B(O)O)c1. The van der Waals surface area contributed by atoms with Crippen molar-refractivity contribution < 1.29 is 24.3 Å². The number of benzene rings is 1. The fourth-order valence-corrected chi connectivity index (χ4v) is 1.25. The molecule has 1 aromatic carbocycles. The molecule has 2 N–H and O–H groups in total. The molecule has 0 saturated carbocycles. The van der Waals surface area contributed by atoms with Crippen molar-refractivity contribution in [3.05, 3.63) is 17.7 Å². The predicted molar refractivity (Wildman–Crippen MR) is 54.8 cm³/mol. The summed E-state index contributed by atoms with van der Waals surface area (Å²) >= 11 is 0. The number of methoxy groups -OCH3 is 2. The largest absolute Gasteiger partial charge is 0.497 e. The van der Waals surface area contributed by atoms with Crippen LogP contribution >= 0.6 is 0 Å². The van der Waals surface area contributed by atoms with E-state index in [0.717, 1.165) is 0 Å². The Balaban J connectivity index is 3.38. The number of ether oxygens (including phenoxy) is 2. The Bertz CT molecular complexity index is 364. The van der Waals surface area contributed by atoms with Crippen LogP contribution in [0.3, 0.4) is 0 Å². The Hall–Kier alpha value is -1.53. The number of carbonyl (C=O) groups is 1. The smallest absolute Gasteiger partial charge is 0.489 e. The quantitative estimate of drug-likeness (QED) is 0.502. The van der Waals surface area contributed by atoms with Gasteiger partial charge in [0, 0.05) is 6.07 Å². The summed E-state index contributed by atoms with van der Waals surface area (Å²) in [6, 6.07) is 2.87. The first kappa shape index (κ1) is 11.5. The molecule has 0 unspecified atom stereocenters. The van der Waals surface area contributed by atoms with Crippen molar-refractivity contribution in [1.82, 2.24) is 0 Å². The van der Waals surface area contributed by atoms with Gasteiger partial charge < -0.3 is 19.5 Å². The zero-order valence-electron chi connectivity index (χ0n) is 8.43. The van der Waals surface area contributed by atoms with Gasteiger partial charge in [-0.2, -0.15) is 0 Å². The van der Waals surface area contributed by atoms with Crippen LogP contribution in [0.1, 0.15) is 10.4 Å². The van der Waals surface area contributed by atoms with E-state index in [1.54, 1.807) is 0 Å². The van der Waals surface area contributed by atoms with E-state index >= 15 is 0 Å². The van der Waals surface area contributed by atoms with Crippen LogP contribution in [0.15, 0.2) is 12.1 Å². The molecule has 0 aliphatic carbocycles. The van der Waals surface area contributed by atoms with Gasteiger partial charge >= 0.3 is 7.12 Å². The summed E-state index contributed by atoms with van der Waals surface area (Å²) in [6.07, 6.45) is 0.507. The molecule has 0 spiro atoms. The number of aldehydes is 1. The average molecular weight is 210 g/mol. The van der Waals surface area contributed by atoms with Gasteiger partial charge in [-0.3, -0.25) is 4.79 Å². The Labute approximate surface area is 87.4 Å². The van der Waals surface area contributed by atoms with E-state index in [0.29, 0.717) is 12.0 Å². The summed E-state index contributed by atoms with van der Waals surface area (Å²) in [7, 11) is 1.08. The van der Waals surface area contributed by atoms with Gasteiger partial charge in [-0.1, -0.05) is 0 Å². The highest BCUT2D eigenvalue weighted by molar-refractivity contribution is 6.60. The van der Waals surface area contributed by atoms with Crippen LogP contribution in [0.25, 0.3) is 0 Å². The number of hydrogen-bond acceptors (Lipinski definition) is 5. The molecule has 0 fully saturated rings. The van der Waals surface area contributed by atoms with E-state index in [1.165, 1.54) is 26.4 Å². The van der Waals surface area contributed by atoms with Crippen molar-refractivity contribution in [2.75, 3.05) is 14.2 Å². The molecule has 0 radical (unpaired) electrons. The van der Waals surface area contributed by atoms with Gasteiger partial charge in [0.25, 0.3) is 0 Å². The third-order valence-corrected chi connectivity index (χ3v) is 2.00. The Kier molecular flexibility index (Phi) is 3.71. The molecule has 0 aliphatic heterocycles. The first-order chi connectivity index (χ1) is 7.13. The van der Waals surface area contributed by atoms with Crippen molar-refractivity contribution in [2.24, 2.45) is 0 Å². The number of rotatable bonds is 4. The van der Waals surface area contributed by atoms with Gasteiger partial charge in [0.2, 0.25) is 0 Å². The lowest BCUT2D eigenvalue weighted by Gasteiger charge is -2.11. The molecule has 5 nitrogen and oxygen atoms in total. The minimum absolute atomic E-state index is 0.0567. The van der Waals surface area contributed by atoms with Crippen molar-refractivity contribution in [1.29, 1.82) is 0 Å². The van der Waals surface area contributed by atoms with Gasteiger partial charge in [-0.05, 0) is 11.5 Å². The first-order valence-electron chi connectivity index (χ1n) is 4.21. The molecule has 6 heteroatoms. The summed E-state index contributed by atoms with van der Waals surface area (Å²) in [5.41, 5.74) is 0.162. The average Bonchev–Trinajstić information content (AvgIpc) is 2.26. The molecule has 0 amide bonds. The Morgan fingerprint density at radius 1 is 1.27 bits per heavy atom. The maximum Gasteiger partial charge on any atom is 0.489 e. The second-order valence-electron chi connectivity index (χ2n) is 2.82. The standard InChI is InChI=1S/C9H11BO5/c1-14-6-3-8(10(12)13)7(5-11)9(4-6)15-2/h3-5,12-13H,1-2H3. The van der Waals surface area contributed by atoms with Crippen molar-refractivity contribution in [3.63, 3.8) is 0 Å². The van der Waals surface area contributed by atoms with Crippen LogP contribution < -0.4 is 14.9 Å². The lowest BCUT2D eigenvalue weighted by atomic mass is 9.77. The lowest BCUT2D eigenvalue weighted by molar-refractivity contribution is 0.112. The molecule has 15 heavy (non-hydrogen) atoms. The van der Waals surface area contributed by atoms with Crippen molar-refractivity contribution in [3.8, 4) is 11.5 Å². The Morgan fingerprint density at radius 3 is 2.33 bits per heavy atom. The Morgan fingerprint density at radius 2 is 1.93 bits per heavy atom. The molecule has 0 saturated heterocycles. The summed E-state index contributed by atoms with van der Waals surface area (Å²) in [4.78, 5) is 10.8. The number of hydrogen-bond donors (Lipinski definition) is 2. The summed E-state index contributed by atoms with van der Waals surface area (Å²) < 4.78 is 9.86. The zero-order chi connectivity index (χ0) is 11.4. The fourth-order valence-electron chi connectivity index (χ4n) is 1.25. The van der Waals surface area contributed by atoms with Crippen LogP contribution in [-0.4, -0.2) is 37.7 Å². The van der Waals surface area contributed by atoms with Crippen LogP contribution in [0.5, 0.6) is 11.5 Å². The predicted octanol–water partition coefficient (Wildman–Crippen LogP) is -0.804. The van der Waals surface area contributed by atoms with E-state index in [1.807, 2.05) is 0 Å². The molecule has 0 aromatic heterocycles. The zero-order valence-corrected chi connectivity index (χ0v) is 8.43.